The number of hydrogen-bond acceptors (Lipinski definition) is 4. The van der Waals surface area contributed by atoms with E-state index in [0.717, 1.165) is 12.4 Å². The van der Waals surface area contributed by atoms with Gasteiger partial charge in [-0.05, 0) is 14.1 Å². The minimum atomic E-state index is -0.0625. The van der Waals surface area contributed by atoms with E-state index in [1.165, 1.54) is 6.33 Å². The molecule has 1 atom stereocenters. The number of nitrogens with two attached hydrogens (primary N) is 1. The number of nitrogens with zero attached hydrogens (tertiary/aromatic N) is 4. The molecule has 0 aliphatic rings. The van der Waals surface area contributed by atoms with Crippen molar-refractivity contribution < 1.29 is 0 Å². The molecule has 0 bridgehead atoms. The molecular formula is C7H15N5. The molecule has 1 rings (SSSR count). The quantitative estimate of drug-likeness (QED) is 0.655. The average Bonchev–Trinajstić information content (AvgIpc) is 2.33. The van der Waals surface area contributed by atoms with Crippen LogP contribution in [0.3, 0.4) is 0 Å². The second-order valence-electron chi connectivity index (χ2n) is 3.11. The van der Waals surface area contributed by atoms with E-state index >= 15 is 0 Å². The van der Waals surface area contributed by atoms with Gasteiger partial charge in [0.05, 0.1) is 6.04 Å². The molecule has 1 unspecified atom stereocenters. The van der Waals surface area contributed by atoms with E-state index < -0.39 is 0 Å². The van der Waals surface area contributed by atoms with Gasteiger partial charge in [-0.15, -0.1) is 0 Å². The lowest BCUT2D eigenvalue weighted by Crippen LogP contribution is -2.28. The number of aryl methyl sites for hydroxylation is 1. The van der Waals surface area contributed by atoms with E-state index in [4.69, 9.17) is 5.73 Å². The van der Waals surface area contributed by atoms with Crippen molar-refractivity contribution in [1.82, 2.24) is 19.7 Å². The molecular weight excluding hydrogens is 154 g/mol. The van der Waals surface area contributed by atoms with Crippen molar-refractivity contribution in [2.24, 2.45) is 12.8 Å². The second kappa shape index (κ2) is 3.64. The Labute approximate surface area is 72.2 Å². The molecule has 0 saturated carbocycles. The Bertz CT molecular complexity index is 242. The molecule has 1 aromatic heterocycles. The molecule has 0 aliphatic carbocycles. The van der Waals surface area contributed by atoms with Crippen LogP contribution in [0.4, 0.5) is 0 Å². The van der Waals surface area contributed by atoms with Gasteiger partial charge in [0.2, 0.25) is 0 Å². The van der Waals surface area contributed by atoms with Crippen LogP contribution in [0.1, 0.15) is 11.9 Å². The van der Waals surface area contributed by atoms with Crippen molar-refractivity contribution in [2.75, 3.05) is 20.6 Å². The van der Waals surface area contributed by atoms with E-state index in [2.05, 4.69) is 10.1 Å². The molecule has 0 radical (unpaired) electrons. The minimum absolute atomic E-state index is 0.0625. The molecule has 68 valence electrons. The molecule has 0 aromatic carbocycles. The van der Waals surface area contributed by atoms with Gasteiger partial charge >= 0.3 is 0 Å². The summed E-state index contributed by atoms with van der Waals surface area (Å²) in [6.45, 7) is 0.784. The first-order valence-corrected chi connectivity index (χ1v) is 3.85. The highest BCUT2D eigenvalue weighted by molar-refractivity contribution is 4.92. The topological polar surface area (TPSA) is 60.0 Å². The highest BCUT2D eigenvalue weighted by atomic mass is 15.3. The zero-order valence-electron chi connectivity index (χ0n) is 7.73. The van der Waals surface area contributed by atoms with Crippen LogP contribution >= 0.6 is 0 Å². The van der Waals surface area contributed by atoms with Crippen LogP contribution in [0.2, 0.25) is 0 Å². The summed E-state index contributed by atoms with van der Waals surface area (Å²) < 4.78 is 1.70. The number of likely N-dealkylation sites (N-methyl/N-ethyl adjacent to an activating group) is 1. The first-order chi connectivity index (χ1) is 5.61. The van der Waals surface area contributed by atoms with E-state index in [1.54, 1.807) is 4.68 Å². The fourth-order valence-electron chi connectivity index (χ4n) is 1.12. The third-order valence-electron chi connectivity index (χ3n) is 1.64. The largest absolute Gasteiger partial charge is 0.320 e. The van der Waals surface area contributed by atoms with Gasteiger partial charge in [0.1, 0.15) is 12.2 Å². The maximum Gasteiger partial charge on any atom is 0.144 e. The first kappa shape index (κ1) is 9.15. The molecule has 5 nitrogen and oxygen atoms in total. The molecule has 1 heterocycles. The summed E-state index contributed by atoms with van der Waals surface area (Å²) in [6, 6.07) is -0.0625. The third-order valence-corrected chi connectivity index (χ3v) is 1.64. The Hall–Kier alpha value is -0.940. The Balaban J connectivity index is 2.65. The summed E-state index contributed by atoms with van der Waals surface area (Å²) >= 11 is 0. The van der Waals surface area contributed by atoms with Gasteiger partial charge in [0, 0.05) is 13.6 Å². The Kier molecular flexibility index (Phi) is 2.78. The maximum atomic E-state index is 5.88. The molecule has 0 aliphatic heterocycles. The maximum absolute atomic E-state index is 5.88. The average molecular weight is 169 g/mol. The van der Waals surface area contributed by atoms with E-state index in [1.807, 2.05) is 26.0 Å². The summed E-state index contributed by atoms with van der Waals surface area (Å²) in [5, 5.41) is 3.95. The molecule has 0 saturated heterocycles. The van der Waals surface area contributed by atoms with Crippen LogP contribution in [-0.4, -0.2) is 40.3 Å². The molecule has 0 fully saturated rings. The van der Waals surface area contributed by atoms with Crippen molar-refractivity contribution >= 4 is 0 Å². The molecule has 2 N–H and O–H groups in total. The normalized spacial score (nSPS) is 13.8. The zero-order valence-corrected chi connectivity index (χ0v) is 7.73. The van der Waals surface area contributed by atoms with Crippen molar-refractivity contribution in [2.45, 2.75) is 6.04 Å². The van der Waals surface area contributed by atoms with Crippen LogP contribution in [-0.2, 0) is 7.05 Å². The van der Waals surface area contributed by atoms with Gasteiger partial charge in [-0.3, -0.25) is 4.68 Å². The van der Waals surface area contributed by atoms with Crippen molar-refractivity contribution in [3.63, 3.8) is 0 Å². The highest BCUT2D eigenvalue weighted by Gasteiger charge is 2.11. The predicted molar refractivity (Wildman–Crippen MR) is 46.5 cm³/mol. The zero-order chi connectivity index (χ0) is 9.14. The SMILES string of the molecule is CN(C)CC(N)c1ncnn1C. The van der Waals surface area contributed by atoms with Crippen molar-refractivity contribution in [3.05, 3.63) is 12.2 Å². The van der Waals surface area contributed by atoms with E-state index in [-0.39, 0.29) is 6.04 Å². The minimum Gasteiger partial charge on any atom is -0.320 e. The lowest BCUT2D eigenvalue weighted by atomic mass is 10.3. The van der Waals surface area contributed by atoms with E-state index in [0.29, 0.717) is 0 Å². The van der Waals surface area contributed by atoms with Gasteiger partial charge in [0.15, 0.2) is 0 Å². The van der Waals surface area contributed by atoms with Gasteiger partial charge in [-0.1, -0.05) is 0 Å². The molecule has 0 spiro atoms. The Morgan fingerprint density at radius 3 is 2.75 bits per heavy atom. The first-order valence-electron chi connectivity index (χ1n) is 3.85. The number of aromatic nitrogens is 3. The monoisotopic (exact) mass is 169 g/mol. The Morgan fingerprint density at radius 2 is 2.33 bits per heavy atom. The fraction of sp³-hybridized carbons (Fsp3) is 0.714. The van der Waals surface area contributed by atoms with Crippen molar-refractivity contribution in [1.29, 1.82) is 0 Å². The van der Waals surface area contributed by atoms with Gasteiger partial charge in [-0.25, -0.2) is 4.98 Å². The predicted octanol–water partition coefficient (Wildman–Crippen LogP) is -0.623. The smallest absolute Gasteiger partial charge is 0.144 e. The standard InChI is InChI=1S/C7H15N5/c1-11(2)4-6(8)7-9-5-10-12(7)3/h5-6H,4,8H2,1-3H3. The summed E-state index contributed by atoms with van der Waals surface area (Å²) in [6.07, 6.45) is 1.52. The lowest BCUT2D eigenvalue weighted by molar-refractivity contribution is 0.365. The molecule has 5 heteroatoms. The summed E-state index contributed by atoms with van der Waals surface area (Å²) in [7, 11) is 5.81. The van der Waals surface area contributed by atoms with Crippen LogP contribution in [0.25, 0.3) is 0 Å². The summed E-state index contributed by atoms with van der Waals surface area (Å²) in [4.78, 5) is 6.10. The highest BCUT2D eigenvalue weighted by Crippen LogP contribution is 2.04. The van der Waals surface area contributed by atoms with Crippen LogP contribution in [0, 0.1) is 0 Å². The van der Waals surface area contributed by atoms with Gasteiger partial charge in [0.25, 0.3) is 0 Å². The summed E-state index contributed by atoms with van der Waals surface area (Å²) in [5.74, 6) is 0.823. The van der Waals surface area contributed by atoms with Crippen LogP contribution in [0.15, 0.2) is 6.33 Å². The van der Waals surface area contributed by atoms with E-state index in [9.17, 15) is 0 Å². The van der Waals surface area contributed by atoms with Gasteiger partial charge < -0.3 is 10.6 Å². The molecule has 0 amide bonds. The van der Waals surface area contributed by atoms with Crippen molar-refractivity contribution in [3.8, 4) is 0 Å². The second-order valence-corrected chi connectivity index (χ2v) is 3.11. The summed E-state index contributed by atoms with van der Waals surface area (Å²) in [5.41, 5.74) is 5.88. The molecule has 12 heavy (non-hydrogen) atoms. The van der Waals surface area contributed by atoms with Crippen LogP contribution < -0.4 is 5.73 Å². The Morgan fingerprint density at radius 1 is 1.67 bits per heavy atom. The fourth-order valence-corrected chi connectivity index (χ4v) is 1.12. The number of hydrogen-bond donors (Lipinski definition) is 1. The third kappa shape index (κ3) is 2.02. The lowest BCUT2D eigenvalue weighted by Gasteiger charge is -2.15. The molecule has 1 aromatic rings. The van der Waals surface area contributed by atoms with Gasteiger partial charge in [-0.2, -0.15) is 5.10 Å². The van der Waals surface area contributed by atoms with Crippen LogP contribution in [0.5, 0.6) is 0 Å². The number of rotatable bonds is 3.